The Balaban J connectivity index is 2.28. The monoisotopic (exact) mass is 227 g/mol. The van der Waals surface area contributed by atoms with Gasteiger partial charge in [0.05, 0.1) is 12.2 Å². The number of rotatable bonds is 5. The quantitative estimate of drug-likeness (QED) is 0.788. The lowest BCUT2D eigenvalue weighted by molar-refractivity contribution is -0.120. The fourth-order valence-electron chi connectivity index (χ4n) is 1.16. The van der Waals surface area contributed by atoms with Crippen molar-refractivity contribution in [1.82, 2.24) is 15.6 Å². The fourth-order valence-corrected chi connectivity index (χ4v) is 2.06. The molecule has 0 spiro atoms. The summed E-state index contributed by atoms with van der Waals surface area (Å²) in [5, 5.41) is 6.83. The number of nitrogens with zero attached hydrogens (tertiary/aromatic N) is 1. The smallest absolute Gasteiger partial charge is 0.233 e. The molecule has 5 heteroatoms. The molecule has 1 amide bonds. The summed E-state index contributed by atoms with van der Waals surface area (Å²) < 4.78 is 0. The van der Waals surface area contributed by atoms with E-state index >= 15 is 0 Å². The van der Waals surface area contributed by atoms with Crippen molar-refractivity contribution in [2.45, 2.75) is 27.3 Å². The molecule has 0 saturated carbocycles. The molecule has 0 atom stereocenters. The van der Waals surface area contributed by atoms with E-state index in [9.17, 15) is 4.79 Å². The molecule has 0 aliphatic heterocycles. The Kier molecular flexibility index (Phi) is 4.71. The minimum absolute atomic E-state index is 0.0301. The average Bonchev–Trinajstić information content (AvgIpc) is 2.46. The highest BCUT2D eigenvalue weighted by Gasteiger charge is 2.04. The van der Waals surface area contributed by atoms with Crippen LogP contribution in [0, 0.1) is 13.8 Å². The van der Waals surface area contributed by atoms with Crippen LogP contribution in [0.4, 0.5) is 0 Å². The predicted molar refractivity (Wildman–Crippen MR) is 62.0 cm³/mol. The maximum Gasteiger partial charge on any atom is 0.233 e. The summed E-state index contributed by atoms with van der Waals surface area (Å²) in [6.07, 6.45) is 0. The Morgan fingerprint density at radius 2 is 2.20 bits per heavy atom. The van der Waals surface area contributed by atoms with Gasteiger partial charge in [-0.15, -0.1) is 11.3 Å². The second kappa shape index (κ2) is 5.82. The lowest BCUT2D eigenvalue weighted by Crippen LogP contribution is -2.33. The molecular formula is C10H17N3OS. The molecule has 0 bridgehead atoms. The molecule has 84 valence electrons. The van der Waals surface area contributed by atoms with Crippen molar-refractivity contribution in [2.24, 2.45) is 0 Å². The van der Waals surface area contributed by atoms with E-state index in [4.69, 9.17) is 0 Å². The molecule has 0 saturated heterocycles. The second-order valence-electron chi connectivity index (χ2n) is 3.31. The Morgan fingerprint density at radius 3 is 2.73 bits per heavy atom. The standard InChI is InChI=1S/C10H17N3OS/c1-4-12-9(14)5-11-6-10-13-7(2)8(3)15-10/h11H,4-6H2,1-3H3,(H,12,14). The van der Waals surface area contributed by atoms with Crippen LogP contribution < -0.4 is 10.6 Å². The normalized spacial score (nSPS) is 10.3. The Bertz CT molecular complexity index is 316. The van der Waals surface area contributed by atoms with Crippen molar-refractivity contribution in [3.05, 3.63) is 15.6 Å². The Morgan fingerprint density at radius 1 is 1.47 bits per heavy atom. The molecular weight excluding hydrogens is 210 g/mol. The van der Waals surface area contributed by atoms with Gasteiger partial charge in [-0.05, 0) is 20.8 Å². The molecule has 1 aromatic heterocycles. The average molecular weight is 227 g/mol. The molecule has 0 aromatic carbocycles. The van der Waals surface area contributed by atoms with Crippen LogP contribution in [-0.4, -0.2) is 24.0 Å². The minimum atomic E-state index is 0.0301. The number of hydrogen-bond acceptors (Lipinski definition) is 4. The lowest BCUT2D eigenvalue weighted by atomic mass is 10.4. The third-order valence-electron chi connectivity index (χ3n) is 2.01. The van der Waals surface area contributed by atoms with Gasteiger partial charge >= 0.3 is 0 Å². The summed E-state index contributed by atoms with van der Waals surface area (Å²) >= 11 is 1.67. The zero-order valence-corrected chi connectivity index (χ0v) is 10.2. The van der Waals surface area contributed by atoms with E-state index in [2.05, 4.69) is 22.5 Å². The maximum atomic E-state index is 11.1. The van der Waals surface area contributed by atoms with E-state index in [1.807, 2.05) is 13.8 Å². The van der Waals surface area contributed by atoms with E-state index in [0.717, 1.165) is 10.7 Å². The van der Waals surface area contributed by atoms with Gasteiger partial charge in [0.2, 0.25) is 5.91 Å². The molecule has 0 aliphatic rings. The molecule has 0 unspecified atom stereocenters. The molecule has 0 radical (unpaired) electrons. The van der Waals surface area contributed by atoms with Gasteiger partial charge in [-0.25, -0.2) is 4.98 Å². The summed E-state index contributed by atoms with van der Waals surface area (Å²) in [4.78, 5) is 16.7. The van der Waals surface area contributed by atoms with Crippen molar-refractivity contribution < 1.29 is 4.79 Å². The fraction of sp³-hybridized carbons (Fsp3) is 0.600. The van der Waals surface area contributed by atoms with Crippen LogP contribution in [0.1, 0.15) is 22.5 Å². The second-order valence-corrected chi connectivity index (χ2v) is 4.59. The SMILES string of the molecule is CCNC(=O)CNCc1nc(C)c(C)s1. The van der Waals surface area contributed by atoms with Crippen molar-refractivity contribution in [3.63, 3.8) is 0 Å². The largest absolute Gasteiger partial charge is 0.355 e. The minimum Gasteiger partial charge on any atom is -0.355 e. The van der Waals surface area contributed by atoms with Crippen LogP contribution in [0.25, 0.3) is 0 Å². The number of hydrogen-bond donors (Lipinski definition) is 2. The van der Waals surface area contributed by atoms with Crippen molar-refractivity contribution in [3.8, 4) is 0 Å². The first-order valence-corrected chi connectivity index (χ1v) is 5.85. The van der Waals surface area contributed by atoms with Crippen molar-refractivity contribution >= 4 is 17.2 Å². The van der Waals surface area contributed by atoms with E-state index in [0.29, 0.717) is 19.6 Å². The third kappa shape index (κ3) is 3.97. The van der Waals surface area contributed by atoms with E-state index in [1.54, 1.807) is 11.3 Å². The molecule has 1 aromatic rings. The zero-order valence-electron chi connectivity index (χ0n) is 9.39. The van der Waals surface area contributed by atoms with Crippen LogP contribution in [0.2, 0.25) is 0 Å². The van der Waals surface area contributed by atoms with Crippen LogP contribution in [-0.2, 0) is 11.3 Å². The van der Waals surface area contributed by atoms with Crippen molar-refractivity contribution in [2.75, 3.05) is 13.1 Å². The number of amides is 1. The van der Waals surface area contributed by atoms with Crippen molar-refractivity contribution in [1.29, 1.82) is 0 Å². The summed E-state index contributed by atoms with van der Waals surface area (Å²) in [5.74, 6) is 0.0301. The summed E-state index contributed by atoms with van der Waals surface area (Å²) in [5.41, 5.74) is 1.08. The summed E-state index contributed by atoms with van der Waals surface area (Å²) in [6, 6.07) is 0. The van der Waals surface area contributed by atoms with Gasteiger partial charge in [-0.1, -0.05) is 0 Å². The molecule has 0 aliphatic carbocycles. The first-order valence-electron chi connectivity index (χ1n) is 5.03. The predicted octanol–water partition coefficient (Wildman–Crippen LogP) is 0.986. The molecule has 2 N–H and O–H groups in total. The zero-order chi connectivity index (χ0) is 11.3. The molecule has 15 heavy (non-hydrogen) atoms. The number of carbonyl (C=O) groups excluding carboxylic acids is 1. The number of likely N-dealkylation sites (N-methyl/N-ethyl adjacent to an activating group) is 1. The molecule has 1 rings (SSSR count). The van der Waals surface area contributed by atoms with Gasteiger partial charge in [0, 0.05) is 18.0 Å². The van der Waals surface area contributed by atoms with E-state index < -0.39 is 0 Å². The topological polar surface area (TPSA) is 54.0 Å². The number of aromatic nitrogens is 1. The van der Waals surface area contributed by atoms with Gasteiger partial charge in [-0.2, -0.15) is 0 Å². The molecule has 0 fully saturated rings. The van der Waals surface area contributed by atoms with Crippen LogP contribution in [0.3, 0.4) is 0 Å². The van der Waals surface area contributed by atoms with Crippen LogP contribution in [0.15, 0.2) is 0 Å². The van der Waals surface area contributed by atoms with Gasteiger partial charge in [0.15, 0.2) is 0 Å². The summed E-state index contributed by atoms with van der Waals surface area (Å²) in [7, 11) is 0. The maximum absolute atomic E-state index is 11.1. The number of nitrogens with one attached hydrogen (secondary N) is 2. The number of aryl methyl sites for hydroxylation is 2. The van der Waals surface area contributed by atoms with E-state index in [-0.39, 0.29) is 5.91 Å². The number of carbonyl (C=O) groups is 1. The lowest BCUT2D eigenvalue weighted by Gasteiger charge is -2.02. The number of thiazole rings is 1. The Labute approximate surface area is 94.1 Å². The van der Waals surface area contributed by atoms with Gasteiger partial charge in [0.25, 0.3) is 0 Å². The highest BCUT2D eigenvalue weighted by atomic mass is 32.1. The van der Waals surface area contributed by atoms with Gasteiger partial charge in [-0.3, -0.25) is 4.79 Å². The highest BCUT2D eigenvalue weighted by Crippen LogP contribution is 2.15. The van der Waals surface area contributed by atoms with E-state index in [1.165, 1.54) is 4.88 Å². The first kappa shape index (κ1) is 12.1. The first-order chi connectivity index (χ1) is 7.13. The highest BCUT2D eigenvalue weighted by molar-refractivity contribution is 7.11. The Hall–Kier alpha value is -0.940. The third-order valence-corrected chi connectivity index (χ3v) is 3.08. The molecule has 4 nitrogen and oxygen atoms in total. The van der Waals surface area contributed by atoms with Crippen LogP contribution in [0.5, 0.6) is 0 Å². The van der Waals surface area contributed by atoms with Gasteiger partial charge < -0.3 is 10.6 Å². The van der Waals surface area contributed by atoms with Gasteiger partial charge in [0.1, 0.15) is 5.01 Å². The van der Waals surface area contributed by atoms with Crippen LogP contribution >= 0.6 is 11.3 Å². The summed E-state index contributed by atoms with van der Waals surface area (Å²) in [6.45, 7) is 7.66. The molecule has 1 heterocycles.